The summed E-state index contributed by atoms with van der Waals surface area (Å²) in [6.45, 7) is 3.95. The van der Waals surface area contributed by atoms with E-state index in [0.717, 1.165) is 17.1 Å². The Morgan fingerprint density at radius 3 is 2.43 bits per heavy atom. The Bertz CT molecular complexity index is 1050. The quantitative estimate of drug-likeness (QED) is 0.617. The number of alkyl halides is 2. The van der Waals surface area contributed by atoms with Crippen molar-refractivity contribution in [2.45, 2.75) is 32.2 Å². The van der Waals surface area contributed by atoms with Crippen molar-refractivity contribution in [3.63, 3.8) is 0 Å². The van der Waals surface area contributed by atoms with Gasteiger partial charge in [0.1, 0.15) is 5.82 Å². The van der Waals surface area contributed by atoms with Crippen molar-refractivity contribution in [1.29, 1.82) is 0 Å². The normalized spacial score (nSPS) is 18.7. The van der Waals surface area contributed by atoms with E-state index in [-0.39, 0.29) is 18.3 Å². The fourth-order valence-electron chi connectivity index (χ4n) is 4.34. The molecule has 3 aromatic rings. The zero-order valence-electron chi connectivity index (χ0n) is 16.4. The minimum atomic E-state index is -2.48. The first-order valence-corrected chi connectivity index (χ1v) is 10.3. The maximum Gasteiger partial charge on any atom is 0.249 e. The Kier molecular flexibility index (Phi) is 4.43. The van der Waals surface area contributed by atoms with Crippen molar-refractivity contribution in [3.05, 3.63) is 47.6 Å². The van der Waals surface area contributed by atoms with Gasteiger partial charge in [-0.2, -0.15) is 4.98 Å². The smallest absolute Gasteiger partial charge is 0.249 e. The molecule has 30 heavy (non-hydrogen) atoms. The van der Waals surface area contributed by atoms with Crippen molar-refractivity contribution >= 4 is 29.1 Å². The van der Waals surface area contributed by atoms with Crippen LogP contribution in [0.4, 0.5) is 26.2 Å². The Morgan fingerprint density at radius 1 is 1.10 bits per heavy atom. The van der Waals surface area contributed by atoms with Gasteiger partial charge < -0.3 is 10.2 Å². The molecule has 1 spiro atoms. The van der Waals surface area contributed by atoms with Crippen LogP contribution in [0.2, 0.25) is 5.02 Å². The molecule has 0 unspecified atom stereocenters. The summed E-state index contributed by atoms with van der Waals surface area (Å²) in [4.78, 5) is 11.2. The second kappa shape index (κ2) is 6.91. The van der Waals surface area contributed by atoms with E-state index in [9.17, 15) is 8.78 Å². The van der Waals surface area contributed by atoms with Crippen LogP contribution >= 0.6 is 11.6 Å². The molecule has 1 aromatic carbocycles. The van der Waals surface area contributed by atoms with Crippen LogP contribution in [-0.2, 0) is 6.54 Å². The highest BCUT2D eigenvalue weighted by Crippen LogP contribution is 2.57. The minimum Gasteiger partial charge on any atom is -0.355 e. The topological polar surface area (TPSA) is 58.9 Å². The van der Waals surface area contributed by atoms with Gasteiger partial charge in [-0.05, 0) is 43.3 Å². The third-order valence-corrected chi connectivity index (χ3v) is 5.97. The second-order valence-electron chi connectivity index (χ2n) is 8.18. The molecule has 1 N–H and O–H groups in total. The largest absolute Gasteiger partial charge is 0.355 e. The molecule has 9 heteroatoms. The van der Waals surface area contributed by atoms with E-state index in [0.29, 0.717) is 36.4 Å². The Balaban J connectivity index is 1.29. The van der Waals surface area contributed by atoms with Gasteiger partial charge in [0, 0.05) is 60.4 Å². The van der Waals surface area contributed by atoms with E-state index in [1.807, 2.05) is 48.2 Å². The fraction of sp³-hybridized carbons (Fsp3) is 0.381. The number of nitrogens with one attached hydrogen (secondary N) is 1. The Hall–Kier alpha value is -2.74. The molecule has 0 radical (unpaired) electrons. The summed E-state index contributed by atoms with van der Waals surface area (Å²) in [5, 5.41) is 8.49. The summed E-state index contributed by atoms with van der Waals surface area (Å²) >= 11 is 5.94. The average molecular weight is 431 g/mol. The highest BCUT2D eigenvalue weighted by molar-refractivity contribution is 6.30. The summed E-state index contributed by atoms with van der Waals surface area (Å²) in [5.41, 5.74) is 1.46. The lowest BCUT2D eigenvalue weighted by Crippen LogP contribution is -2.66. The molecule has 0 bridgehead atoms. The van der Waals surface area contributed by atoms with E-state index >= 15 is 0 Å². The van der Waals surface area contributed by atoms with Crippen molar-refractivity contribution < 1.29 is 8.78 Å². The standard InChI is InChI=1S/C21H21ClF2N6/c1-2-30-19(26-16-6-4-15(22)5-7-16)27-18(28-30)14-3-8-17(25-9-14)29-12-20(13-29)10-21(23,24)11-20/h3-9H,2,10-13H2,1H3,(H,26,27,28). The molecule has 156 valence electrons. The maximum absolute atomic E-state index is 13.2. The van der Waals surface area contributed by atoms with E-state index in [4.69, 9.17) is 11.6 Å². The first-order valence-electron chi connectivity index (χ1n) is 9.91. The van der Waals surface area contributed by atoms with Crippen LogP contribution in [0.3, 0.4) is 0 Å². The number of pyridine rings is 1. The number of anilines is 3. The van der Waals surface area contributed by atoms with Gasteiger partial charge in [0.25, 0.3) is 0 Å². The van der Waals surface area contributed by atoms with Gasteiger partial charge in [-0.15, -0.1) is 5.10 Å². The first kappa shape index (κ1) is 19.2. The van der Waals surface area contributed by atoms with Gasteiger partial charge in [0.05, 0.1) is 0 Å². The van der Waals surface area contributed by atoms with E-state index in [1.165, 1.54) is 0 Å². The summed E-state index contributed by atoms with van der Waals surface area (Å²) in [5.74, 6) is -0.472. The zero-order valence-corrected chi connectivity index (χ0v) is 17.2. The van der Waals surface area contributed by atoms with Crippen LogP contribution in [0.15, 0.2) is 42.6 Å². The van der Waals surface area contributed by atoms with E-state index < -0.39 is 5.92 Å². The maximum atomic E-state index is 13.2. The number of benzene rings is 1. The van der Waals surface area contributed by atoms with Gasteiger partial charge in [-0.3, -0.25) is 0 Å². The summed E-state index contributed by atoms with van der Waals surface area (Å²) in [7, 11) is 0. The SMILES string of the molecule is CCn1nc(-c2ccc(N3CC4(C3)CC(F)(F)C4)nc2)nc1Nc1ccc(Cl)cc1. The molecule has 0 amide bonds. The Morgan fingerprint density at radius 2 is 1.83 bits per heavy atom. The van der Waals surface area contributed by atoms with Crippen LogP contribution in [0.5, 0.6) is 0 Å². The number of aromatic nitrogens is 4. The minimum absolute atomic E-state index is 0.00362. The third-order valence-electron chi connectivity index (χ3n) is 5.72. The first-order chi connectivity index (χ1) is 14.3. The van der Waals surface area contributed by atoms with Crippen molar-refractivity contribution in [2.24, 2.45) is 5.41 Å². The number of halogens is 3. The van der Waals surface area contributed by atoms with Gasteiger partial charge in [0.15, 0.2) is 5.82 Å². The molecule has 3 heterocycles. The fourth-order valence-corrected chi connectivity index (χ4v) is 4.47. The molecule has 1 aliphatic heterocycles. The summed E-state index contributed by atoms with van der Waals surface area (Å²) in [6, 6.07) is 11.2. The van der Waals surface area contributed by atoms with Gasteiger partial charge in [-0.25, -0.2) is 18.4 Å². The molecule has 1 saturated heterocycles. The van der Waals surface area contributed by atoms with Crippen LogP contribution in [0.1, 0.15) is 19.8 Å². The summed E-state index contributed by atoms with van der Waals surface area (Å²) in [6.07, 6.45) is 1.73. The van der Waals surface area contributed by atoms with Crippen LogP contribution in [0.25, 0.3) is 11.4 Å². The number of hydrogen-bond acceptors (Lipinski definition) is 5. The van der Waals surface area contributed by atoms with Crippen molar-refractivity contribution in [2.75, 3.05) is 23.3 Å². The van der Waals surface area contributed by atoms with Gasteiger partial charge in [-0.1, -0.05) is 11.6 Å². The molecule has 2 aromatic heterocycles. The van der Waals surface area contributed by atoms with E-state index in [2.05, 4.69) is 20.4 Å². The second-order valence-corrected chi connectivity index (χ2v) is 8.61. The number of aryl methyl sites for hydroxylation is 1. The molecule has 5 rings (SSSR count). The van der Waals surface area contributed by atoms with Gasteiger partial charge in [0.2, 0.25) is 11.9 Å². The summed E-state index contributed by atoms with van der Waals surface area (Å²) < 4.78 is 28.2. The van der Waals surface area contributed by atoms with Crippen molar-refractivity contribution in [1.82, 2.24) is 19.7 Å². The van der Waals surface area contributed by atoms with Gasteiger partial charge >= 0.3 is 0 Å². The predicted molar refractivity (Wildman–Crippen MR) is 112 cm³/mol. The van der Waals surface area contributed by atoms with Crippen molar-refractivity contribution in [3.8, 4) is 11.4 Å². The molecular weight excluding hydrogens is 410 g/mol. The lowest BCUT2D eigenvalue weighted by molar-refractivity contribution is -0.170. The molecule has 2 fully saturated rings. The lowest BCUT2D eigenvalue weighted by Gasteiger charge is -2.59. The molecule has 1 saturated carbocycles. The average Bonchev–Trinajstić information content (AvgIpc) is 3.09. The highest BCUT2D eigenvalue weighted by atomic mass is 35.5. The molecule has 1 aliphatic carbocycles. The monoisotopic (exact) mass is 430 g/mol. The molecule has 6 nitrogen and oxygen atoms in total. The molecule has 0 atom stereocenters. The number of nitrogens with zero attached hydrogens (tertiary/aromatic N) is 5. The van der Waals surface area contributed by atoms with E-state index in [1.54, 1.807) is 10.9 Å². The van der Waals surface area contributed by atoms with Crippen LogP contribution < -0.4 is 10.2 Å². The number of rotatable bonds is 5. The lowest BCUT2D eigenvalue weighted by atomic mass is 9.61. The molecule has 2 aliphatic rings. The number of hydrogen-bond donors (Lipinski definition) is 1. The third kappa shape index (κ3) is 3.49. The highest BCUT2D eigenvalue weighted by Gasteiger charge is 2.61. The zero-order chi connectivity index (χ0) is 20.9. The molecular formula is C21H21ClF2N6. The van der Waals surface area contributed by atoms with Crippen LogP contribution in [-0.4, -0.2) is 38.8 Å². The Labute approximate surface area is 177 Å². The van der Waals surface area contributed by atoms with Crippen LogP contribution in [0, 0.1) is 5.41 Å². The predicted octanol–water partition coefficient (Wildman–Crippen LogP) is 4.99.